The molecule has 2 unspecified atom stereocenters. The summed E-state index contributed by atoms with van der Waals surface area (Å²) in [4.78, 5) is 0. The van der Waals surface area contributed by atoms with Crippen LogP contribution in [0.4, 0.5) is 0 Å². The van der Waals surface area contributed by atoms with Gasteiger partial charge in [-0.05, 0) is 55.8 Å². The lowest BCUT2D eigenvalue weighted by Crippen LogP contribution is -2.21. The zero-order chi connectivity index (χ0) is 12.3. The lowest BCUT2D eigenvalue weighted by atomic mass is 10.1. The molecule has 2 atom stereocenters. The van der Waals surface area contributed by atoms with E-state index in [1.165, 1.54) is 5.56 Å². The van der Waals surface area contributed by atoms with Gasteiger partial charge >= 0.3 is 0 Å². The van der Waals surface area contributed by atoms with E-state index in [-0.39, 0.29) is 6.10 Å². The Labute approximate surface area is 108 Å². The van der Waals surface area contributed by atoms with Crippen LogP contribution in [-0.4, -0.2) is 17.8 Å². The van der Waals surface area contributed by atoms with Gasteiger partial charge in [0, 0.05) is 11.6 Å². The van der Waals surface area contributed by atoms with Gasteiger partial charge in [-0.3, -0.25) is 0 Å². The normalized spacial score (nSPS) is 24.2. The van der Waals surface area contributed by atoms with Crippen molar-refractivity contribution in [1.29, 1.82) is 0 Å². The molecule has 0 radical (unpaired) electrons. The smallest absolute Gasteiger partial charge is 0.0543 e. The second kappa shape index (κ2) is 5.85. The topological polar surface area (TPSA) is 32.3 Å². The molecule has 1 aromatic rings. The highest BCUT2D eigenvalue weighted by Crippen LogP contribution is 2.24. The molecule has 94 valence electrons. The Morgan fingerprint density at radius 1 is 1.41 bits per heavy atom. The summed E-state index contributed by atoms with van der Waals surface area (Å²) >= 11 is 6.17. The zero-order valence-corrected chi connectivity index (χ0v) is 11.0. The molecule has 1 aromatic carbocycles. The second-order valence-corrected chi connectivity index (χ2v) is 5.47. The van der Waals surface area contributed by atoms with Gasteiger partial charge in [-0.1, -0.05) is 23.7 Å². The maximum atomic E-state index is 9.44. The minimum Gasteiger partial charge on any atom is -0.393 e. The molecular formula is C14H20ClNO. The van der Waals surface area contributed by atoms with Crippen molar-refractivity contribution in [3.63, 3.8) is 0 Å². The Bertz CT molecular complexity index is 380. The molecule has 1 aliphatic carbocycles. The van der Waals surface area contributed by atoms with Gasteiger partial charge in [0.05, 0.1) is 6.10 Å². The monoisotopic (exact) mass is 253 g/mol. The van der Waals surface area contributed by atoms with E-state index in [4.69, 9.17) is 11.6 Å². The van der Waals surface area contributed by atoms with Crippen LogP contribution in [-0.2, 0) is 6.54 Å². The Morgan fingerprint density at radius 2 is 2.24 bits per heavy atom. The van der Waals surface area contributed by atoms with Crippen LogP contribution in [0.25, 0.3) is 0 Å². The van der Waals surface area contributed by atoms with Crippen LogP contribution in [0, 0.1) is 12.8 Å². The van der Waals surface area contributed by atoms with E-state index in [1.54, 1.807) is 0 Å². The van der Waals surface area contributed by atoms with Gasteiger partial charge in [0.25, 0.3) is 0 Å². The molecule has 0 heterocycles. The van der Waals surface area contributed by atoms with Crippen LogP contribution >= 0.6 is 11.6 Å². The van der Waals surface area contributed by atoms with E-state index in [1.807, 2.05) is 13.0 Å². The first-order valence-electron chi connectivity index (χ1n) is 6.29. The first kappa shape index (κ1) is 12.9. The minimum atomic E-state index is -0.0789. The molecule has 2 nitrogen and oxygen atoms in total. The molecule has 0 aliphatic heterocycles. The fourth-order valence-electron chi connectivity index (χ4n) is 2.44. The number of hydrogen-bond donors (Lipinski definition) is 2. The predicted octanol–water partition coefficient (Wildman–Crippen LogP) is 2.90. The summed E-state index contributed by atoms with van der Waals surface area (Å²) in [5, 5.41) is 13.7. The standard InChI is InChI=1S/C14H20ClNO/c1-10-2-4-12(14(15)6-10)9-16-8-11-3-5-13(17)7-11/h2,4,6,11,13,16-17H,3,5,7-9H2,1H3. The fraction of sp³-hybridized carbons (Fsp3) is 0.571. The van der Waals surface area contributed by atoms with E-state index >= 15 is 0 Å². The minimum absolute atomic E-state index is 0.0789. The summed E-state index contributed by atoms with van der Waals surface area (Å²) in [6.07, 6.45) is 2.95. The van der Waals surface area contributed by atoms with E-state index in [0.29, 0.717) is 5.92 Å². The van der Waals surface area contributed by atoms with Crippen LogP contribution < -0.4 is 5.32 Å². The average Bonchev–Trinajstić information content (AvgIpc) is 2.68. The van der Waals surface area contributed by atoms with Gasteiger partial charge in [0.1, 0.15) is 0 Å². The van der Waals surface area contributed by atoms with Crippen molar-refractivity contribution in [2.24, 2.45) is 5.92 Å². The lowest BCUT2D eigenvalue weighted by molar-refractivity contribution is 0.177. The molecule has 0 aromatic heterocycles. The van der Waals surface area contributed by atoms with Crippen LogP contribution in [0.1, 0.15) is 30.4 Å². The van der Waals surface area contributed by atoms with E-state index in [9.17, 15) is 5.11 Å². The predicted molar refractivity (Wildman–Crippen MR) is 71.2 cm³/mol. The highest BCUT2D eigenvalue weighted by atomic mass is 35.5. The van der Waals surface area contributed by atoms with Crippen molar-refractivity contribution < 1.29 is 5.11 Å². The highest BCUT2D eigenvalue weighted by Gasteiger charge is 2.21. The number of halogens is 1. The number of aryl methyl sites for hydroxylation is 1. The summed E-state index contributed by atoms with van der Waals surface area (Å²) in [5.41, 5.74) is 2.34. The lowest BCUT2D eigenvalue weighted by Gasteiger charge is -2.11. The molecule has 0 spiro atoms. The van der Waals surface area contributed by atoms with E-state index in [0.717, 1.165) is 42.9 Å². The quantitative estimate of drug-likeness (QED) is 0.865. The van der Waals surface area contributed by atoms with Gasteiger partial charge in [0.15, 0.2) is 0 Å². The average molecular weight is 254 g/mol. The molecule has 3 heteroatoms. The zero-order valence-electron chi connectivity index (χ0n) is 10.2. The molecule has 0 bridgehead atoms. The van der Waals surface area contributed by atoms with Crippen molar-refractivity contribution >= 4 is 11.6 Å². The van der Waals surface area contributed by atoms with Gasteiger partial charge in [-0.25, -0.2) is 0 Å². The molecule has 1 aliphatic rings. The summed E-state index contributed by atoms with van der Waals surface area (Å²) in [5.74, 6) is 0.620. The van der Waals surface area contributed by atoms with Crippen LogP contribution in [0.15, 0.2) is 18.2 Å². The molecule has 0 amide bonds. The molecule has 17 heavy (non-hydrogen) atoms. The third kappa shape index (κ3) is 3.70. The van der Waals surface area contributed by atoms with Gasteiger partial charge in [-0.15, -0.1) is 0 Å². The maximum absolute atomic E-state index is 9.44. The third-order valence-corrected chi connectivity index (χ3v) is 3.82. The van der Waals surface area contributed by atoms with Crippen LogP contribution in [0.3, 0.4) is 0 Å². The van der Waals surface area contributed by atoms with Gasteiger partial charge in [-0.2, -0.15) is 0 Å². The van der Waals surface area contributed by atoms with E-state index < -0.39 is 0 Å². The highest BCUT2D eigenvalue weighted by molar-refractivity contribution is 6.31. The number of nitrogens with one attached hydrogen (secondary N) is 1. The second-order valence-electron chi connectivity index (χ2n) is 5.06. The Balaban J connectivity index is 1.78. The molecule has 1 saturated carbocycles. The van der Waals surface area contributed by atoms with Crippen LogP contribution in [0.2, 0.25) is 5.02 Å². The van der Waals surface area contributed by atoms with E-state index in [2.05, 4.69) is 17.4 Å². The summed E-state index contributed by atoms with van der Waals surface area (Å²) in [6.45, 7) is 3.83. The number of aliphatic hydroxyl groups excluding tert-OH is 1. The largest absolute Gasteiger partial charge is 0.393 e. The number of aliphatic hydroxyl groups is 1. The fourth-order valence-corrected chi connectivity index (χ4v) is 2.74. The number of benzene rings is 1. The van der Waals surface area contributed by atoms with Gasteiger partial charge in [0.2, 0.25) is 0 Å². The Hall–Kier alpha value is -0.570. The first-order chi connectivity index (χ1) is 8.15. The number of rotatable bonds is 4. The summed E-state index contributed by atoms with van der Waals surface area (Å²) in [6, 6.07) is 6.16. The molecule has 1 fully saturated rings. The van der Waals surface area contributed by atoms with Crippen molar-refractivity contribution in [3.05, 3.63) is 34.3 Å². The third-order valence-electron chi connectivity index (χ3n) is 3.47. The molecular weight excluding hydrogens is 234 g/mol. The Kier molecular flexibility index (Phi) is 4.43. The van der Waals surface area contributed by atoms with Crippen molar-refractivity contribution in [1.82, 2.24) is 5.32 Å². The molecule has 2 rings (SSSR count). The van der Waals surface area contributed by atoms with Crippen molar-refractivity contribution in [2.75, 3.05) is 6.54 Å². The Morgan fingerprint density at radius 3 is 2.88 bits per heavy atom. The van der Waals surface area contributed by atoms with Gasteiger partial charge < -0.3 is 10.4 Å². The number of hydrogen-bond acceptors (Lipinski definition) is 2. The summed E-state index contributed by atoms with van der Waals surface area (Å²) in [7, 11) is 0. The van der Waals surface area contributed by atoms with Crippen molar-refractivity contribution in [2.45, 2.75) is 38.8 Å². The molecule has 0 saturated heterocycles. The van der Waals surface area contributed by atoms with Crippen LogP contribution in [0.5, 0.6) is 0 Å². The van der Waals surface area contributed by atoms with Crippen molar-refractivity contribution in [3.8, 4) is 0 Å². The molecule has 2 N–H and O–H groups in total. The first-order valence-corrected chi connectivity index (χ1v) is 6.67. The summed E-state index contributed by atoms with van der Waals surface area (Å²) < 4.78 is 0. The SMILES string of the molecule is Cc1ccc(CNCC2CCC(O)C2)c(Cl)c1. The maximum Gasteiger partial charge on any atom is 0.0543 e.